The van der Waals surface area contributed by atoms with Crippen molar-refractivity contribution in [3.63, 3.8) is 0 Å². The summed E-state index contributed by atoms with van der Waals surface area (Å²) >= 11 is 0. The number of nitrogens with two attached hydrogens (primary N) is 1. The first-order valence-electron chi connectivity index (χ1n) is 3.88. The van der Waals surface area contributed by atoms with E-state index in [0.717, 1.165) is 0 Å². The molecule has 0 heterocycles. The number of ketones is 1. The van der Waals surface area contributed by atoms with E-state index in [0.29, 0.717) is 12.1 Å². The van der Waals surface area contributed by atoms with Gasteiger partial charge in [-0.1, -0.05) is 0 Å². The molecule has 0 aliphatic carbocycles. The van der Waals surface area contributed by atoms with Crippen LogP contribution in [0.2, 0.25) is 0 Å². The average Bonchev–Trinajstić information content (AvgIpc) is 2.01. The van der Waals surface area contributed by atoms with Crippen molar-refractivity contribution in [3.8, 4) is 0 Å². The maximum absolute atomic E-state index is 13.0. The second kappa shape index (κ2) is 3.79. The molecule has 0 saturated heterocycles. The fourth-order valence-electron chi connectivity index (χ4n) is 1.01. The average molecular weight is 203 g/mol. The number of carbonyl (C=O) groups excluding carboxylic acids is 1. The molecule has 14 heavy (non-hydrogen) atoms. The van der Waals surface area contributed by atoms with Crippen LogP contribution in [-0.4, -0.2) is 11.8 Å². The zero-order valence-corrected chi connectivity index (χ0v) is 7.35. The van der Waals surface area contributed by atoms with Crippen molar-refractivity contribution in [1.82, 2.24) is 0 Å². The minimum absolute atomic E-state index is 0.443. The lowest BCUT2D eigenvalue weighted by Gasteiger charge is -2.06. The second-order valence-electron chi connectivity index (χ2n) is 2.90. The molecule has 2 N–H and O–H groups in total. The SMILES string of the molecule is CC(N)C(=O)c1c(F)cc(F)cc1F. The number of benzene rings is 1. The van der Waals surface area contributed by atoms with Crippen LogP contribution < -0.4 is 5.73 Å². The van der Waals surface area contributed by atoms with Crippen LogP contribution in [0.1, 0.15) is 17.3 Å². The van der Waals surface area contributed by atoms with Gasteiger partial charge in [0.05, 0.1) is 11.6 Å². The summed E-state index contributed by atoms with van der Waals surface area (Å²) in [7, 11) is 0. The van der Waals surface area contributed by atoms with Crippen LogP contribution in [0.5, 0.6) is 0 Å². The van der Waals surface area contributed by atoms with Crippen LogP contribution in [0, 0.1) is 17.5 Å². The topological polar surface area (TPSA) is 43.1 Å². The number of halogens is 3. The van der Waals surface area contributed by atoms with E-state index >= 15 is 0 Å². The van der Waals surface area contributed by atoms with Gasteiger partial charge in [0, 0.05) is 12.1 Å². The van der Waals surface area contributed by atoms with Gasteiger partial charge < -0.3 is 5.73 Å². The second-order valence-corrected chi connectivity index (χ2v) is 2.90. The molecule has 76 valence electrons. The molecule has 0 bridgehead atoms. The molecule has 1 aromatic rings. The van der Waals surface area contributed by atoms with E-state index in [1.165, 1.54) is 6.92 Å². The number of hydrogen-bond acceptors (Lipinski definition) is 2. The molecule has 0 aliphatic heterocycles. The third kappa shape index (κ3) is 1.93. The summed E-state index contributed by atoms with van der Waals surface area (Å²) in [6.45, 7) is 1.30. The number of rotatable bonds is 2. The summed E-state index contributed by atoms with van der Waals surface area (Å²) < 4.78 is 38.4. The first kappa shape index (κ1) is 10.7. The van der Waals surface area contributed by atoms with E-state index < -0.39 is 34.8 Å². The summed E-state index contributed by atoms with van der Waals surface area (Å²) in [5.41, 5.74) is 4.38. The molecular weight excluding hydrogens is 195 g/mol. The normalized spacial score (nSPS) is 12.6. The summed E-state index contributed by atoms with van der Waals surface area (Å²) in [6.07, 6.45) is 0. The zero-order chi connectivity index (χ0) is 10.9. The van der Waals surface area contributed by atoms with E-state index in [2.05, 4.69) is 0 Å². The Morgan fingerprint density at radius 1 is 1.29 bits per heavy atom. The molecular formula is C9H8F3NO. The smallest absolute Gasteiger partial charge is 0.185 e. The molecule has 1 aromatic carbocycles. The lowest BCUT2D eigenvalue weighted by atomic mass is 10.0. The first-order valence-corrected chi connectivity index (χ1v) is 3.88. The fraction of sp³-hybridized carbons (Fsp3) is 0.222. The van der Waals surface area contributed by atoms with E-state index in [1.54, 1.807) is 0 Å². The lowest BCUT2D eigenvalue weighted by molar-refractivity contribution is 0.0959. The molecule has 0 amide bonds. The van der Waals surface area contributed by atoms with Gasteiger partial charge in [0.15, 0.2) is 5.78 Å². The number of hydrogen-bond donors (Lipinski definition) is 1. The molecule has 0 aromatic heterocycles. The maximum atomic E-state index is 13.0. The number of carbonyl (C=O) groups is 1. The van der Waals surface area contributed by atoms with Crippen molar-refractivity contribution in [2.75, 3.05) is 0 Å². The van der Waals surface area contributed by atoms with E-state index in [4.69, 9.17) is 5.73 Å². The Morgan fingerprint density at radius 3 is 2.07 bits per heavy atom. The highest BCUT2D eigenvalue weighted by molar-refractivity contribution is 6.00. The summed E-state index contributed by atoms with van der Waals surface area (Å²) in [6, 6.07) is -0.137. The van der Waals surface area contributed by atoms with Crippen molar-refractivity contribution >= 4 is 5.78 Å². The Labute approximate surface area is 78.5 Å². The largest absolute Gasteiger partial charge is 0.321 e. The molecule has 0 radical (unpaired) electrons. The summed E-state index contributed by atoms with van der Waals surface area (Å²) in [5, 5.41) is 0. The van der Waals surface area contributed by atoms with Gasteiger partial charge in [-0.15, -0.1) is 0 Å². The van der Waals surface area contributed by atoms with Gasteiger partial charge in [-0.25, -0.2) is 13.2 Å². The van der Waals surface area contributed by atoms with Crippen LogP contribution in [0.3, 0.4) is 0 Å². The predicted octanol–water partition coefficient (Wildman–Crippen LogP) is 1.63. The first-order chi connectivity index (χ1) is 6.43. The van der Waals surface area contributed by atoms with Crippen molar-refractivity contribution in [2.24, 2.45) is 5.73 Å². The molecule has 0 spiro atoms. The highest BCUT2D eigenvalue weighted by atomic mass is 19.1. The zero-order valence-electron chi connectivity index (χ0n) is 7.35. The quantitative estimate of drug-likeness (QED) is 0.742. The molecule has 0 fully saturated rings. The Hall–Kier alpha value is -1.36. The third-order valence-electron chi connectivity index (χ3n) is 1.67. The Balaban J connectivity index is 3.28. The molecule has 1 atom stereocenters. The van der Waals surface area contributed by atoms with Gasteiger partial charge in [0.2, 0.25) is 0 Å². The van der Waals surface area contributed by atoms with Crippen LogP contribution in [0.4, 0.5) is 13.2 Å². The Kier molecular flexibility index (Phi) is 2.90. The van der Waals surface area contributed by atoms with Gasteiger partial charge in [-0.3, -0.25) is 4.79 Å². The molecule has 0 saturated carbocycles. The van der Waals surface area contributed by atoms with Crippen molar-refractivity contribution < 1.29 is 18.0 Å². The van der Waals surface area contributed by atoms with Crippen LogP contribution in [0.25, 0.3) is 0 Å². The minimum atomic E-state index is -1.23. The van der Waals surface area contributed by atoms with Gasteiger partial charge in [0.25, 0.3) is 0 Å². The van der Waals surface area contributed by atoms with Crippen molar-refractivity contribution in [1.29, 1.82) is 0 Å². The highest BCUT2D eigenvalue weighted by Gasteiger charge is 2.21. The summed E-state index contributed by atoms with van der Waals surface area (Å²) in [4.78, 5) is 11.2. The Morgan fingerprint density at radius 2 is 1.71 bits per heavy atom. The van der Waals surface area contributed by atoms with E-state index in [-0.39, 0.29) is 0 Å². The van der Waals surface area contributed by atoms with Crippen molar-refractivity contribution in [3.05, 3.63) is 35.1 Å². The van der Waals surface area contributed by atoms with E-state index in [1.807, 2.05) is 0 Å². The van der Waals surface area contributed by atoms with Gasteiger partial charge in [-0.2, -0.15) is 0 Å². The predicted molar refractivity (Wildman–Crippen MR) is 44.3 cm³/mol. The Bertz CT molecular complexity index is 353. The monoisotopic (exact) mass is 203 g/mol. The maximum Gasteiger partial charge on any atom is 0.185 e. The standard InChI is InChI=1S/C9H8F3NO/c1-4(13)9(14)8-6(11)2-5(10)3-7(8)12/h2-4H,13H2,1H3. The van der Waals surface area contributed by atoms with Crippen LogP contribution in [-0.2, 0) is 0 Å². The van der Waals surface area contributed by atoms with Gasteiger partial charge >= 0.3 is 0 Å². The molecule has 1 unspecified atom stereocenters. The van der Waals surface area contributed by atoms with E-state index in [9.17, 15) is 18.0 Å². The van der Waals surface area contributed by atoms with Crippen molar-refractivity contribution in [2.45, 2.75) is 13.0 Å². The molecule has 1 rings (SSSR count). The molecule has 2 nitrogen and oxygen atoms in total. The molecule has 0 aliphatic rings. The summed E-state index contributed by atoms with van der Waals surface area (Å²) in [5.74, 6) is -4.42. The third-order valence-corrected chi connectivity index (χ3v) is 1.67. The number of Topliss-reactive ketones (excluding diaryl/α,β-unsaturated/α-hetero) is 1. The minimum Gasteiger partial charge on any atom is -0.321 e. The van der Waals surface area contributed by atoms with Gasteiger partial charge in [0.1, 0.15) is 17.5 Å². The van der Waals surface area contributed by atoms with Crippen LogP contribution in [0.15, 0.2) is 12.1 Å². The lowest BCUT2D eigenvalue weighted by Crippen LogP contribution is -2.28. The van der Waals surface area contributed by atoms with Crippen LogP contribution >= 0.6 is 0 Å². The van der Waals surface area contributed by atoms with Gasteiger partial charge in [-0.05, 0) is 6.92 Å². The highest BCUT2D eigenvalue weighted by Crippen LogP contribution is 2.16. The fourth-order valence-corrected chi connectivity index (χ4v) is 1.01. The molecule has 5 heteroatoms.